The van der Waals surface area contributed by atoms with Crippen molar-refractivity contribution in [3.05, 3.63) is 60.3 Å². The van der Waals surface area contributed by atoms with Gasteiger partial charge in [-0.15, -0.1) is 0 Å². The Morgan fingerprint density at radius 1 is 1.03 bits per heavy atom. The molecule has 2 aromatic carbocycles. The lowest BCUT2D eigenvalue weighted by atomic mass is 9.89. The highest BCUT2D eigenvalue weighted by Crippen LogP contribution is 2.35. The molecular weight excluding hydrogens is 388 g/mol. The van der Waals surface area contributed by atoms with E-state index in [9.17, 15) is 4.79 Å². The second kappa shape index (κ2) is 10.0. The lowest BCUT2D eigenvalue weighted by molar-refractivity contribution is -0.120. The van der Waals surface area contributed by atoms with Crippen molar-refractivity contribution in [1.29, 1.82) is 0 Å². The molecule has 0 amide bonds. The number of rotatable bonds is 9. The van der Waals surface area contributed by atoms with Crippen molar-refractivity contribution in [3.63, 3.8) is 0 Å². The quantitative estimate of drug-likeness (QED) is 0.452. The second-order valence-electron chi connectivity index (χ2n) is 8.77. The van der Waals surface area contributed by atoms with E-state index >= 15 is 0 Å². The molecule has 0 radical (unpaired) electrons. The van der Waals surface area contributed by atoms with E-state index in [2.05, 4.69) is 53.8 Å². The molecule has 4 rings (SSSR count). The highest BCUT2D eigenvalue weighted by atomic mass is 16.5. The summed E-state index contributed by atoms with van der Waals surface area (Å²) < 4.78 is 13.3. The minimum atomic E-state index is 0.436. The summed E-state index contributed by atoms with van der Waals surface area (Å²) in [6.07, 6.45) is 4.74. The van der Waals surface area contributed by atoms with E-state index in [1.165, 1.54) is 29.3 Å². The SMILES string of the molecule is CC(C)Cn1cc(C2CCN(CCOc3ccccc3OC=O)CC2)c2ccccc21. The largest absolute Gasteiger partial charge is 0.488 e. The topological polar surface area (TPSA) is 43.7 Å². The van der Waals surface area contributed by atoms with Gasteiger partial charge < -0.3 is 14.0 Å². The van der Waals surface area contributed by atoms with Crippen molar-refractivity contribution >= 4 is 17.4 Å². The number of hydrogen-bond acceptors (Lipinski definition) is 4. The Bertz CT molecular complexity index is 1000. The first-order chi connectivity index (χ1) is 15.2. The molecule has 1 aromatic heterocycles. The van der Waals surface area contributed by atoms with Gasteiger partial charge in [-0.3, -0.25) is 9.69 Å². The number of carbonyl (C=O) groups excluding carboxylic acids is 1. The fraction of sp³-hybridized carbons (Fsp3) is 0.423. The van der Waals surface area contributed by atoms with Crippen molar-refractivity contribution in [2.24, 2.45) is 5.92 Å². The first kappa shape index (κ1) is 21.4. The molecule has 2 heterocycles. The second-order valence-corrected chi connectivity index (χ2v) is 8.77. The third-order valence-electron chi connectivity index (χ3n) is 6.10. The van der Waals surface area contributed by atoms with Gasteiger partial charge in [0.15, 0.2) is 11.5 Å². The summed E-state index contributed by atoms with van der Waals surface area (Å²) in [5, 5.41) is 1.41. The van der Waals surface area contributed by atoms with Crippen molar-refractivity contribution < 1.29 is 14.3 Å². The molecule has 0 N–H and O–H groups in total. The van der Waals surface area contributed by atoms with Gasteiger partial charge in [0.1, 0.15) is 6.61 Å². The molecule has 31 heavy (non-hydrogen) atoms. The first-order valence-corrected chi connectivity index (χ1v) is 11.3. The van der Waals surface area contributed by atoms with Crippen LogP contribution in [0.5, 0.6) is 11.5 Å². The van der Waals surface area contributed by atoms with Crippen LogP contribution < -0.4 is 9.47 Å². The van der Waals surface area contributed by atoms with Crippen molar-refractivity contribution in [2.75, 3.05) is 26.2 Å². The summed E-state index contributed by atoms with van der Waals surface area (Å²) >= 11 is 0. The van der Waals surface area contributed by atoms with Crippen molar-refractivity contribution in [2.45, 2.75) is 39.2 Å². The average Bonchev–Trinajstić information content (AvgIpc) is 3.13. The van der Waals surface area contributed by atoms with Gasteiger partial charge in [-0.05, 0) is 61.5 Å². The first-order valence-electron chi connectivity index (χ1n) is 11.3. The minimum Gasteiger partial charge on any atom is -0.488 e. The predicted molar refractivity (Wildman–Crippen MR) is 124 cm³/mol. The number of aromatic nitrogens is 1. The van der Waals surface area contributed by atoms with Gasteiger partial charge in [0.2, 0.25) is 0 Å². The lowest BCUT2D eigenvalue weighted by Crippen LogP contribution is -2.35. The summed E-state index contributed by atoms with van der Waals surface area (Å²) in [7, 11) is 0. The van der Waals surface area contributed by atoms with E-state index in [0.717, 1.165) is 26.2 Å². The summed E-state index contributed by atoms with van der Waals surface area (Å²) in [6, 6.07) is 16.1. The Hall–Kier alpha value is -2.79. The monoisotopic (exact) mass is 420 g/mol. The zero-order valence-electron chi connectivity index (χ0n) is 18.5. The fourth-order valence-corrected chi connectivity index (χ4v) is 4.62. The summed E-state index contributed by atoms with van der Waals surface area (Å²) in [5.41, 5.74) is 2.87. The van der Waals surface area contributed by atoms with Gasteiger partial charge in [-0.2, -0.15) is 0 Å². The van der Waals surface area contributed by atoms with Crippen LogP contribution in [0.4, 0.5) is 0 Å². The highest BCUT2D eigenvalue weighted by molar-refractivity contribution is 5.84. The third-order valence-corrected chi connectivity index (χ3v) is 6.10. The van der Waals surface area contributed by atoms with Crippen LogP contribution >= 0.6 is 0 Å². The smallest absolute Gasteiger partial charge is 0.298 e. The van der Waals surface area contributed by atoms with Crippen LogP contribution in [0.3, 0.4) is 0 Å². The van der Waals surface area contributed by atoms with Crippen LogP contribution in [0.2, 0.25) is 0 Å². The number of piperidine rings is 1. The van der Waals surface area contributed by atoms with E-state index in [1.807, 2.05) is 18.2 Å². The number of fused-ring (bicyclic) bond motifs is 1. The van der Waals surface area contributed by atoms with E-state index in [4.69, 9.17) is 9.47 Å². The summed E-state index contributed by atoms with van der Waals surface area (Å²) in [5.74, 6) is 2.32. The molecule has 1 aliphatic rings. The van der Waals surface area contributed by atoms with Crippen LogP contribution in [-0.2, 0) is 11.3 Å². The Morgan fingerprint density at radius 2 is 1.74 bits per heavy atom. The number of benzene rings is 2. The van der Waals surface area contributed by atoms with Crippen molar-refractivity contribution in [1.82, 2.24) is 9.47 Å². The number of likely N-dealkylation sites (tertiary alicyclic amines) is 1. The minimum absolute atomic E-state index is 0.436. The molecule has 0 aliphatic carbocycles. The molecule has 1 fully saturated rings. The summed E-state index contributed by atoms with van der Waals surface area (Å²) in [6.45, 7) is 9.65. The number of carbonyl (C=O) groups is 1. The molecule has 0 bridgehead atoms. The maximum atomic E-state index is 10.6. The Labute approximate surface area is 184 Å². The Morgan fingerprint density at radius 3 is 2.48 bits per heavy atom. The molecular formula is C26H32N2O3. The van der Waals surface area contributed by atoms with Crippen molar-refractivity contribution in [3.8, 4) is 11.5 Å². The average molecular weight is 421 g/mol. The van der Waals surface area contributed by atoms with E-state index in [-0.39, 0.29) is 0 Å². The number of para-hydroxylation sites is 3. The fourth-order valence-electron chi connectivity index (χ4n) is 4.62. The Balaban J connectivity index is 1.34. The van der Waals surface area contributed by atoms with E-state index in [0.29, 0.717) is 36.4 Å². The number of nitrogens with zero attached hydrogens (tertiary/aromatic N) is 2. The maximum absolute atomic E-state index is 10.6. The molecule has 5 heteroatoms. The lowest BCUT2D eigenvalue weighted by Gasteiger charge is -2.31. The van der Waals surface area contributed by atoms with Crippen LogP contribution in [0.25, 0.3) is 10.9 Å². The molecule has 1 saturated heterocycles. The normalized spacial score (nSPS) is 15.5. The molecule has 0 spiro atoms. The standard InChI is InChI=1S/C26H32N2O3/c1-20(2)17-28-18-23(22-7-3-4-8-24(22)28)21-11-13-27(14-12-21)15-16-30-25-9-5-6-10-26(25)31-19-29/h3-10,18-21H,11-17H2,1-2H3. The molecule has 3 aromatic rings. The zero-order chi connectivity index (χ0) is 21.6. The van der Waals surface area contributed by atoms with Gasteiger partial charge in [0.25, 0.3) is 6.47 Å². The van der Waals surface area contributed by atoms with Gasteiger partial charge in [-0.1, -0.05) is 44.2 Å². The van der Waals surface area contributed by atoms with Gasteiger partial charge >= 0.3 is 0 Å². The van der Waals surface area contributed by atoms with Gasteiger partial charge in [-0.25, -0.2) is 0 Å². The number of hydrogen-bond donors (Lipinski definition) is 0. The maximum Gasteiger partial charge on any atom is 0.298 e. The molecule has 1 aliphatic heterocycles. The highest BCUT2D eigenvalue weighted by Gasteiger charge is 2.24. The zero-order valence-corrected chi connectivity index (χ0v) is 18.5. The molecule has 0 unspecified atom stereocenters. The molecule has 164 valence electrons. The molecule has 0 atom stereocenters. The van der Waals surface area contributed by atoms with E-state index in [1.54, 1.807) is 6.07 Å². The van der Waals surface area contributed by atoms with Crippen LogP contribution in [0, 0.1) is 5.92 Å². The van der Waals surface area contributed by atoms with Gasteiger partial charge in [0, 0.05) is 30.2 Å². The Kier molecular flexibility index (Phi) is 6.92. The summed E-state index contributed by atoms with van der Waals surface area (Å²) in [4.78, 5) is 13.1. The number of ether oxygens (including phenoxy) is 2. The predicted octanol–water partition coefficient (Wildman–Crippen LogP) is 5.09. The van der Waals surface area contributed by atoms with Crippen LogP contribution in [0.15, 0.2) is 54.7 Å². The van der Waals surface area contributed by atoms with Gasteiger partial charge in [0.05, 0.1) is 0 Å². The third kappa shape index (κ3) is 5.10. The molecule has 0 saturated carbocycles. The molecule has 5 nitrogen and oxygen atoms in total. The van der Waals surface area contributed by atoms with Crippen LogP contribution in [-0.4, -0.2) is 42.2 Å². The van der Waals surface area contributed by atoms with Crippen LogP contribution in [0.1, 0.15) is 38.2 Å². The van der Waals surface area contributed by atoms with E-state index < -0.39 is 0 Å².